The Hall–Kier alpha value is -1.37. The molecular weight excluding hydrogens is 236 g/mol. The second-order valence-electron chi connectivity index (χ2n) is 3.99. The maximum Gasteiger partial charge on any atom is 0.236 e. The third-order valence-corrected chi connectivity index (χ3v) is 2.43. The highest BCUT2D eigenvalue weighted by atomic mass is 16.5. The van der Waals surface area contributed by atoms with E-state index in [1.54, 1.807) is 32.4 Å². The lowest BCUT2D eigenvalue weighted by Gasteiger charge is -2.15. The first kappa shape index (κ1) is 14.7. The van der Waals surface area contributed by atoms with Crippen LogP contribution in [0.4, 0.5) is 0 Å². The average Bonchev–Trinajstić information content (AvgIpc) is 2.88. The van der Waals surface area contributed by atoms with Crippen LogP contribution in [-0.2, 0) is 16.1 Å². The molecule has 0 aliphatic carbocycles. The Balaban J connectivity index is 2.10. The van der Waals surface area contributed by atoms with E-state index in [2.05, 4.69) is 10.6 Å². The zero-order valence-corrected chi connectivity index (χ0v) is 10.7. The minimum absolute atomic E-state index is 0.112. The quantitative estimate of drug-likeness (QED) is 0.604. The maximum absolute atomic E-state index is 11.2. The number of hydrogen-bond donors (Lipinski definition) is 3. The highest BCUT2D eigenvalue weighted by Gasteiger charge is 2.12. The third-order valence-electron chi connectivity index (χ3n) is 2.43. The van der Waals surface area contributed by atoms with Gasteiger partial charge in [0, 0.05) is 13.6 Å². The molecule has 0 aliphatic rings. The fourth-order valence-electron chi connectivity index (χ4n) is 1.37. The number of furan rings is 1. The molecule has 0 aromatic carbocycles. The highest BCUT2D eigenvalue weighted by molar-refractivity contribution is 5.80. The number of amides is 1. The van der Waals surface area contributed by atoms with Crippen molar-refractivity contribution < 1.29 is 19.1 Å². The van der Waals surface area contributed by atoms with E-state index in [-0.39, 0.29) is 18.6 Å². The minimum Gasteiger partial charge on any atom is -0.467 e. The molecule has 0 saturated heterocycles. The highest BCUT2D eigenvalue weighted by Crippen LogP contribution is 2.01. The Bertz CT molecular complexity index is 340. The normalized spacial score (nSPS) is 14.2. The number of hydrogen-bond acceptors (Lipinski definition) is 5. The van der Waals surface area contributed by atoms with Gasteiger partial charge in [-0.05, 0) is 19.1 Å². The molecule has 2 atom stereocenters. The molecule has 0 radical (unpaired) electrons. The molecular formula is C12H20N2O4. The van der Waals surface area contributed by atoms with Crippen LogP contribution in [0.3, 0.4) is 0 Å². The third kappa shape index (κ3) is 5.31. The molecule has 1 heterocycles. The number of carbonyl (C=O) groups is 1. The van der Waals surface area contributed by atoms with Gasteiger partial charge in [-0.25, -0.2) is 0 Å². The summed E-state index contributed by atoms with van der Waals surface area (Å²) in [6.45, 7) is 2.55. The molecule has 0 spiro atoms. The van der Waals surface area contributed by atoms with Gasteiger partial charge >= 0.3 is 0 Å². The predicted molar refractivity (Wildman–Crippen MR) is 65.9 cm³/mol. The van der Waals surface area contributed by atoms with Gasteiger partial charge in [-0.2, -0.15) is 0 Å². The van der Waals surface area contributed by atoms with Crippen molar-refractivity contribution in [2.45, 2.75) is 25.7 Å². The smallest absolute Gasteiger partial charge is 0.236 e. The molecule has 102 valence electrons. The number of ether oxygens (including phenoxy) is 1. The number of nitrogens with one attached hydrogen (secondary N) is 2. The van der Waals surface area contributed by atoms with Crippen molar-refractivity contribution >= 4 is 5.91 Å². The van der Waals surface area contributed by atoms with E-state index in [9.17, 15) is 9.90 Å². The zero-order chi connectivity index (χ0) is 13.4. The standard InChI is InChI=1S/C12H20N2O4/c1-9(12(16)13-2)14-6-10(15)7-17-8-11-4-3-5-18-11/h3-5,9-10,14-15H,6-8H2,1-2H3,(H,13,16). The van der Waals surface area contributed by atoms with Gasteiger partial charge in [-0.1, -0.05) is 0 Å². The summed E-state index contributed by atoms with van der Waals surface area (Å²) in [6.07, 6.45) is 0.911. The van der Waals surface area contributed by atoms with Crippen LogP contribution >= 0.6 is 0 Å². The topological polar surface area (TPSA) is 83.7 Å². The zero-order valence-electron chi connectivity index (χ0n) is 10.7. The lowest BCUT2D eigenvalue weighted by atomic mass is 10.3. The summed E-state index contributed by atoms with van der Waals surface area (Å²) in [7, 11) is 1.57. The second-order valence-corrected chi connectivity index (χ2v) is 3.99. The van der Waals surface area contributed by atoms with E-state index in [1.165, 1.54) is 0 Å². The van der Waals surface area contributed by atoms with E-state index in [0.717, 1.165) is 0 Å². The lowest BCUT2D eigenvalue weighted by Crippen LogP contribution is -2.44. The Labute approximate surface area is 106 Å². The van der Waals surface area contributed by atoms with Gasteiger partial charge in [0.25, 0.3) is 0 Å². The maximum atomic E-state index is 11.2. The molecule has 2 unspecified atom stereocenters. The van der Waals surface area contributed by atoms with Crippen LogP contribution in [0.25, 0.3) is 0 Å². The van der Waals surface area contributed by atoms with E-state index in [0.29, 0.717) is 18.9 Å². The fraction of sp³-hybridized carbons (Fsp3) is 0.583. The summed E-state index contributed by atoms with van der Waals surface area (Å²) in [4.78, 5) is 11.2. The predicted octanol–water partition coefficient (Wildman–Crippen LogP) is -0.119. The summed E-state index contributed by atoms with van der Waals surface area (Å²) in [5.41, 5.74) is 0. The Morgan fingerprint density at radius 2 is 2.39 bits per heavy atom. The largest absolute Gasteiger partial charge is 0.467 e. The van der Waals surface area contributed by atoms with Gasteiger partial charge in [0.15, 0.2) is 0 Å². The molecule has 0 saturated carbocycles. The van der Waals surface area contributed by atoms with Crippen LogP contribution in [0.1, 0.15) is 12.7 Å². The van der Waals surface area contributed by atoms with Crippen LogP contribution in [0.15, 0.2) is 22.8 Å². The van der Waals surface area contributed by atoms with Crippen LogP contribution in [0.5, 0.6) is 0 Å². The molecule has 1 rings (SSSR count). The number of rotatable bonds is 8. The second kappa shape index (κ2) is 7.86. The van der Waals surface area contributed by atoms with Gasteiger partial charge < -0.3 is 24.9 Å². The summed E-state index contributed by atoms with van der Waals surface area (Å²) in [5, 5.41) is 15.1. The Kier molecular flexibility index (Phi) is 6.42. The van der Waals surface area contributed by atoms with Crippen molar-refractivity contribution in [1.29, 1.82) is 0 Å². The average molecular weight is 256 g/mol. The summed E-state index contributed by atoms with van der Waals surface area (Å²) < 4.78 is 10.4. The van der Waals surface area contributed by atoms with E-state index >= 15 is 0 Å². The Morgan fingerprint density at radius 1 is 1.61 bits per heavy atom. The molecule has 6 nitrogen and oxygen atoms in total. The van der Waals surface area contributed by atoms with Crippen LogP contribution in [-0.4, -0.2) is 43.4 Å². The molecule has 3 N–H and O–H groups in total. The molecule has 0 aliphatic heterocycles. The van der Waals surface area contributed by atoms with Gasteiger partial charge in [0.2, 0.25) is 5.91 Å². The first-order valence-electron chi connectivity index (χ1n) is 5.86. The van der Waals surface area contributed by atoms with Crippen LogP contribution in [0.2, 0.25) is 0 Å². The number of likely N-dealkylation sites (N-methyl/N-ethyl adjacent to an activating group) is 1. The summed E-state index contributed by atoms with van der Waals surface area (Å²) in [5.74, 6) is 0.604. The van der Waals surface area contributed by atoms with Crippen molar-refractivity contribution in [2.24, 2.45) is 0 Å². The molecule has 0 bridgehead atoms. The number of carbonyl (C=O) groups excluding carboxylic acids is 1. The van der Waals surface area contributed by atoms with Crippen molar-refractivity contribution in [1.82, 2.24) is 10.6 Å². The van der Waals surface area contributed by atoms with Gasteiger partial charge in [0.05, 0.1) is 25.0 Å². The van der Waals surface area contributed by atoms with Crippen molar-refractivity contribution in [2.75, 3.05) is 20.2 Å². The molecule has 1 aromatic rings. The van der Waals surface area contributed by atoms with Crippen LogP contribution < -0.4 is 10.6 Å². The number of aliphatic hydroxyl groups is 1. The van der Waals surface area contributed by atoms with Crippen molar-refractivity contribution in [3.05, 3.63) is 24.2 Å². The minimum atomic E-state index is -0.660. The summed E-state index contributed by atoms with van der Waals surface area (Å²) >= 11 is 0. The van der Waals surface area contributed by atoms with E-state index in [4.69, 9.17) is 9.15 Å². The molecule has 1 amide bonds. The van der Waals surface area contributed by atoms with E-state index < -0.39 is 6.10 Å². The molecule has 18 heavy (non-hydrogen) atoms. The summed E-state index contributed by atoms with van der Waals surface area (Å²) in [6, 6.07) is 3.25. The fourth-order valence-corrected chi connectivity index (χ4v) is 1.37. The number of aliphatic hydroxyl groups excluding tert-OH is 1. The van der Waals surface area contributed by atoms with Gasteiger partial charge in [-0.3, -0.25) is 4.79 Å². The first-order valence-corrected chi connectivity index (χ1v) is 5.86. The monoisotopic (exact) mass is 256 g/mol. The molecule has 6 heteroatoms. The van der Waals surface area contributed by atoms with E-state index in [1.807, 2.05) is 0 Å². The first-order chi connectivity index (χ1) is 8.63. The Morgan fingerprint density at radius 3 is 3.00 bits per heavy atom. The molecule has 0 fully saturated rings. The van der Waals surface area contributed by atoms with Gasteiger partial charge in [0.1, 0.15) is 12.4 Å². The molecule has 1 aromatic heterocycles. The van der Waals surface area contributed by atoms with Crippen molar-refractivity contribution in [3.8, 4) is 0 Å². The van der Waals surface area contributed by atoms with Crippen molar-refractivity contribution in [3.63, 3.8) is 0 Å². The SMILES string of the molecule is CNC(=O)C(C)NCC(O)COCc1ccco1. The van der Waals surface area contributed by atoms with Gasteiger partial charge in [-0.15, -0.1) is 0 Å². The van der Waals surface area contributed by atoms with Crippen LogP contribution in [0, 0.1) is 0 Å². The lowest BCUT2D eigenvalue weighted by molar-refractivity contribution is -0.122.